The van der Waals surface area contributed by atoms with Crippen LogP contribution in [0.3, 0.4) is 0 Å². The first kappa shape index (κ1) is 14.7. The van der Waals surface area contributed by atoms with Gasteiger partial charge in [0.2, 0.25) is 0 Å². The van der Waals surface area contributed by atoms with Gasteiger partial charge in [0.1, 0.15) is 11.5 Å². The molecule has 0 aliphatic heterocycles. The number of allylic oxidation sites excluding steroid dienone is 1. The Morgan fingerprint density at radius 2 is 1.76 bits per heavy atom. The molecule has 0 heterocycles. The number of methoxy groups -OCH3 is 1. The van der Waals surface area contributed by atoms with E-state index in [2.05, 4.69) is 0 Å². The van der Waals surface area contributed by atoms with Crippen molar-refractivity contribution in [2.45, 2.75) is 0 Å². The Kier molecular flexibility index (Phi) is 4.33. The normalized spacial score (nSPS) is 10.8. The molecule has 21 heavy (non-hydrogen) atoms. The van der Waals surface area contributed by atoms with Crippen LogP contribution >= 0.6 is 0 Å². The van der Waals surface area contributed by atoms with Gasteiger partial charge in [-0.3, -0.25) is 4.79 Å². The van der Waals surface area contributed by atoms with E-state index in [1.54, 1.807) is 31.4 Å². The first-order valence-corrected chi connectivity index (χ1v) is 6.05. The minimum atomic E-state index is -1.21. The molecule has 0 saturated carbocycles. The summed E-state index contributed by atoms with van der Waals surface area (Å²) in [5, 5.41) is 9.47. The third-order valence-corrected chi connectivity index (χ3v) is 2.85. The summed E-state index contributed by atoms with van der Waals surface area (Å²) in [5.74, 6) is -2.94. The van der Waals surface area contributed by atoms with E-state index in [4.69, 9.17) is 4.74 Å². The van der Waals surface area contributed by atoms with Crippen LogP contribution in [-0.4, -0.2) is 18.0 Å². The van der Waals surface area contributed by atoms with Gasteiger partial charge in [0.15, 0.2) is 17.4 Å². The lowest BCUT2D eigenvalue weighted by molar-refractivity contribution is 0.104. The predicted octanol–water partition coefficient (Wildman–Crippen LogP) is 3.58. The van der Waals surface area contributed by atoms with Crippen LogP contribution in [0, 0.1) is 11.6 Å². The first-order valence-electron chi connectivity index (χ1n) is 6.05. The molecule has 0 radical (unpaired) electrons. The van der Waals surface area contributed by atoms with E-state index in [1.165, 1.54) is 12.2 Å². The Balaban J connectivity index is 2.20. The minimum absolute atomic E-state index is 0.293. The zero-order chi connectivity index (χ0) is 15.4. The van der Waals surface area contributed by atoms with Crippen LogP contribution in [0.25, 0.3) is 6.08 Å². The second-order valence-corrected chi connectivity index (χ2v) is 4.25. The molecule has 0 unspecified atom stereocenters. The van der Waals surface area contributed by atoms with Crippen molar-refractivity contribution in [1.29, 1.82) is 0 Å². The largest absolute Gasteiger partial charge is 0.507 e. The summed E-state index contributed by atoms with van der Waals surface area (Å²) in [7, 11) is 1.54. The van der Waals surface area contributed by atoms with Crippen molar-refractivity contribution in [3.8, 4) is 11.5 Å². The molecule has 2 aromatic rings. The molecule has 0 fully saturated rings. The topological polar surface area (TPSA) is 46.5 Å². The highest BCUT2D eigenvalue weighted by molar-refractivity contribution is 6.08. The predicted molar refractivity (Wildman–Crippen MR) is 74.4 cm³/mol. The lowest BCUT2D eigenvalue weighted by Crippen LogP contribution is -1.98. The van der Waals surface area contributed by atoms with Crippen LogP contribution in [0.4, 0.5) is 8.78 Å². The Morgan fingerprint density at radius 1 is 1.14 bits per heavy atom. The number of benzene rings is 2. The van der Waals surface area contributed by atoms with E-state index < -0.39 is 23.2 Å². The molecular weight excluding hydrogens is 278 g/mol. The number of ketones is 1. The van der Waals surface area contributed by atoms with Gasteiger partial charge in [-0.1, -0.05) is 18.2 Å². The molecular formula is C16H12F2O3. The monoisotopic (exact) mass is 290 g/mol. The Labute approximate surface area is 120 Å². The highest BCUT2D eigenvalue weighted by atomic mass is 19.2. The van der Waals surface area contributed by atoms with Gasteiger partial charge < -0.3 is 9.84 Å². The van der Waals surface area contributed by atoms with Crippen LogP contribution in [0.5, 0.6) is 11.5 Å². The number of phenolic OH excluding ortho intramolecular Hbond substituents is 1. The second-order valence-electron chi connectivity index (χ2n) is 4.25. The summed E-state index contributed by atoms with van der Waals surface area (Å²) < 4.78 is 31.0. The highest BCUT2D eigenvalue weighted by Crippen LogP contribution is 2.22. The van der Waals surface area contributed by atoms with E-state index in [9.17, 15) is 18.7 Å². The van der Waals surface area contributed by atoms with E-state index in [0.29, 0.717) is 17.9 Å². The third kappa shape index (κ3) is 3.45. The summed E-state index contributed by atoms with van der Waals surface area (Å²) in [6, 6.07) is 8.15. The van der Waals surface area contributed by atoms with Gasteiger partial charge in [0.25, 0.3) is 0 Å². The van der Waals surface area contributed by atoms with Crippen molar-refractivity contribution in [2.75, 3.05) is 7.11 Å². The van der Waals surface area contributed by atoms with Crippen molar-refractivity contribution in [3.05, 3.63) is 65.2 Å². The van der Waals surface area contributed by atoms with Crippen LogP contribution < -0.4 is 4.74 Å². The number of ether oxygens (including phenoxy) is 1. The number of carbonyl (C=O) groups is 1. The summed E-state index contributed by atoms with van der Waals surface area (Å²) in [6.45, 7) is 0. The Bertz CT molecular complexity index is 691. The maximum absolute atomic E-state index is 13.1. The molecule has 0 aliphatic carbocycles. The van der Waals surface area contributed by atoms with Gasteiger partial charge >= 0.3 is 0 Å². The fourth-order valence-electron chi connectivity index (χ4n) is 1.71. The summed E-state index contributed by atoms with van der Waals surface area (Å²) in [4.78, 5) is 11.9. The number of rotatable bonds is 4. The van der Waals surface area contributed by atoms with Gasteiger partial charge in [0.05, 0.1) is 12.7 Å². The number of carbonyl (C=O) groups excluding carboxylic acids is 1. The molecule has 0 spiro atoms. The molecule has 0 amide bonds. The molecule has 0 saturated heterocycles. The van der Waals surface area contributed by atoms with Crippen molar-refractivity contribution < 1.29 is 23.4 Å². The SMILES string of the molecule is COc1ccc(C=CC(=O)c2cc(F)c(F)cc2O)cc1. The fraction of sp³-hybridized carbons (Fsp3) is 0.0625. The van der Waals surface area contributed by atoms with Crippen molar-refractivity contribution in [3.63, 3.8) is 0 Å². The zero-order valence-corrected chi connectivity index (χ0v) is 11.1. The third-order valence-electron chi connectivity index (χ3n) is 2.85. The van der Waals surface area contributed by atoms with E-state index >= 15 is 0 Å². The number of hydrogen-bond acceptors (Lipinski definition) is 3. The number of hydrogen-bond donors (Lipinski definition) is 1. The van der Waals surface area contributed by atoms with E-state index in [1.807, 2.05) is 0 Å². The Hall–Kier alpha value is -2.69. The lowest BCUT2D eigenvalue weighted by Gasteiger charge is -2.02. The quantitative estimate of drug-likeness (QED) is 0.691. The van der Waals surface area contributed by atoms with Gasteiger partial charge in [-0.2, -0.15) is 0 Å². The molecule has 2 rings (SSSR count). The van der Waals surface area contributed by atoms with Crippen molar-refractivity contribution >= 4 is 11.9 Å². The standard InChI is InChI=1S/C16H12F2O3/c1-21-11-5-2-10(3-6-11)4-7-15(19)12-8-13(17)14(18)9-16(12)20/h2-9,20H,1H3. The average molecular weight is 290 g/mol. The molecule has 3 nitrogen and oxygen atoms in total. The molecule has 0 bridgehead atoms. The lowest BCUT2D eigenvalue weighted by atomic mass is 10.1. The molecule has 108 valence electrons. The van der Waals surface area contributed by atoms with Gasteiger partial charge in [0, 0.05) is 6.07 Å². The Morgan fingerprint density at radius 3 is 2.38 bits per heavy atom. The molecule has 0 aliphatic rings. The number of phenols is 1. The molecule has 2 aromatic carbocycles. The molecule has 0 atom stereocenters. The van der Waals surface area contributed by atoms with Crippen LogP contribution in [0.1, 0.15) is 15.9 Å². The number of aromatic hydroxyl groups is 1. The summed E-state index contributed by atoms with van der Waals surface area (Å²) >= 11 is 0. The molecule has 0 aromatic heterocycles. The van der Waals surface area contributed by atoms with Gasteiger partial charge in [-0.15, -0.1) is 0 Å². The minimum Gasteiger partial charge on any atom is -0.507 e. The van der Waals surface area contributed by atoms with Crippen molar-refractivity contribution in [1.82, 2.24) is 0 Å². The van der Waals surface area contributed by atoms with Gasteiger partial charge in [-0.05, 0) is 29.8 Å². The maximum atomic E-state index is 13.1. The molecule has 1 N–H and O–H groups in total. The van der Waals surface area contributed by atoms with Crippen LogP contribution in [0.2, 0.25) is 0 Å². The highest BCUT2D eigenvalue weighted by Gasteiger charge is 2.13. The fourth-order valence-corrected chi connectivity index (χ4v) is 1.71. The van der Waals surface area contributed by atoms with Crippen LogP contribution in [-0.2, 0) is 0 Å². The van der Waals surface area contributed by atoms with Crippen LogP contribution in [0.15, 0.2) is 42.5 Å². The smallest absolute Gasteiger partial charge is 0.189 e. The van der Waals surface area contributed by atoms with E-state index in [-0.39, 0.29) is 5.56 Å². The van der Waals surface area contributed by atoms with Crippen molar-refractivity contribution in [2.24, 2.45) is 0 Å². The average Bonchev–Trinajstić information content (AvgIpc) is 2.49. The summed E-state index contributed by atoms with van der Waals surface area (Å²) in [5.41, 5.74) is 0.435. The number of halogens is 2. The first-order chi connectivity index (χ1) is 10.0. The zero-order valence-electron chi connectivity index (χ0n) is 11.1. The maximum Gasteiger partial charge on any atom is 0.189 e. The molecule has 5 heteroatoms. The second kappa shape index (κ2) is 6.17. The van der Waals surface area contributed by atoms with E-state index in [0.717, 1.165) is 5.56 Å². The summed E-state index contributed by atoms with van der Waals surface area (Å²) in [6.07, 6.45) is 2.68. The van der Waals surface area contributed by atoms with Gasteiger partial charge in [-0.25, -0.2) is 8.78 Å².